The fourth-order valence-corrected chi connectivity index (χ4v) is 4.63. The van der Waals surface area contributed by atoms with E-state index in [2.05, 4.69) is 27.8 Å². The number of benzene rings is 1. The van der Waals surface area contributed by atoms with Crippen molar-refractivity contribution >= 4 is 39.7 Å². The van der Waals surface area contributed by atoms with Crippen LogP contribution in [0.5, 0.6) is 0 Å². The molecule has 0 saturated heterocycles. The van der Waals surface area contributed by atoms with Crippen molar-refractivity contribution in [1.82, 2.24) is 15.5 Å². The molecular formula is C25H38N4OS2. The molecule has 0 saturated carbocycles. The van der Waals surface area contributed by atoms with Crippen LogP contribution < -0.4 is 10.6 Å². The Morgan fingerprint density at radius 1 is 0.844 bits per heavy atom. The van der Waals surface area contributed by atoms with Crippen LogP contribution in [0.3, 0.4) is 0 Å². The minimum atomic E-state index is -0.236. The van der Waals surface area contributed by atoms with E-state index in [-0.39, 0.29) is 11.0 Å². The third kappa shape index (κ3) is 11.7. The van der Waals surface area contributed by atoms with Crippen LogP contribution in [0.1, 0.15) is 106 Å². The third-order valence-corrected chi connectivity index (χ3v) is 6.55. The van der Waals surface area contributed by atoms with Gasteiger partial charge >= 0.3 is 0 Å². The van der Waals surface area contributed by atoms with E-state index < -0.39 is 0 Å². The molecule has 7 heteroatoms. The van der Waals surface area contributed by atoms with E-state index in [0.717, 1.165) is 17.8 Å². The normalized spacial score (nSPS) is 10.8. The van der Waals surface area contributed by atoms with Gasteiger partial charge in [-0.25, -0.2) is 0 Å². The first-order valence-corrected chi connectivity index (χ1v) is 13.4. The van der Waals surface area contributed by atoms with Crippen LogP contribution >= 0.6 is 23.6 Å². The summed E-state index contributed by atoms with van der Waals surface area (Å²) in [5.41, 5.74) is 0.567. The SMILES string of the molecule is CCCCCCCCCCCCCCCc1nnc(NC(=S)NC(=O)c2ccccc2)s1. The molecule has 1 heterocycles. The Morgan fingerprint density at radius 2 is 1.41 bits per heavy atom. The number of carbonyl (C=O) groups is 1. The van der Waals surface area contributed by atoms with Gasteiger partial charge in [0, 0.05) is 12.0 Å². The third-order valence-electron chi connectivity index (χ3n) is 5.44. The van der Waals surface area contributed by atoms with Crippen LogP contribution in [0.15, 0.2) is 30.3 Å². The lowest BCUT2D eigenvalue weighted by atomic mass is 10.0. The van der Waals surface area contributed by atoms with Gasteiger partial charge in [-0.05, 0) is 30.8 Å². The number of aromatic nitrogens is 2. The number of hydrogen-bond donors (Lipinski definition) is 2. The summed E-state index contributed by atoms with van der Waals surface area (Å²) in [7, 11) is 0. The van der Waals surface area contributed by atoms with E-state index in [1.165, 1.54) is 88.4 Å². The number of thiocarbonyl (C=S) groups is 1. The predicted molar refractivity (Wildman–Crippen MR) is 139 cm³/mol. The van der Waals surface area contributed by atoms with Gasteiger partial charge in [0.25, 0.3) is 5.91 Å². The largest absolute Gasteiger partial charge is 0.307 e. The van der Waals surface area contributed by atoms with Gasteiger partial charge < -0.3 is 5.32 Å². The molecule has 0 bridgehead atoms. The molecule has 2 aromatic rings. The van der Waals surface area contributed by atoms with Crippen molar-refractivity contribution in [2.24, 2.45) is 0 Å². The summed E-state index contributed by atoms with van der Waals surface area (Å²) in [4.78, 5) is 12.1. The van der Waals surface area contributed by atoms with Gasteiger partial charge in [0.2, 0.25) is 5.13 Å². The number of carbonyl (C=O) groups excluding carboxylic acids is 1. The Hall–Kier alpha value is -1.86. The van der Waals surface area contributed by atoms with Crippen LogP contribution in [-0.4, -0.2) is 21.2 Å². The summed E-state index contributed by atoms with van der Waals surface area (Å²) in [5.74, 6) is -0.236. The highest BCUT2D eigenvalue weighted by Gasteiger charge is 2.10. The predicted octanol–water partition coefficient (Wildman–Crippen LogP) is 7.30. The van der Waals surface area contributed by atoms with Crippen LogP contribution in [0.4, 0.5) is 5.13 Å². The average Bonchev–Trinajstić information content (AvgIpc) is 3.24. The van der Waals surface area contributed by atoms with E-state index in [4.69, 9.17) is 12.2 Å². The van der Waals surface area contributed by atoms with E-state index in [1.54, 1.807) is 12.1 Å². The highest BCUT2D eigenvalue weighted by atomic mass is 32.1. The minimum absolute atomic E-state index is 0.236. The molecule has 5 nitrogen and oxygen atoms in total. The number of nitrogens with one attached hydrogen (secondary N) is 2. The smallest absolute Gasteiger partial charge is 0.257 e. The molecule has 0 radical (unpaired) electrons. The standard InChI is InChI=1S/C25H38N4OS2/c1-2-3-4-5-6-7-8-9-10-11-12-13-17-20-22-28-29-25(32-22)27-24(31)26-23(30)21-18-15-14-16-19-21/h14-16,18-19H,2-13,17,20H2,1H3,(H2,26,27,29,30,31). The first kappa shape index (κ1) is 26.4. The van der Waals surface area contributed by atoms with Gasteiger partial charge in [0.1, 0.15) is 5.01 Å². The van der Waals surface area contributed by atoms with Gasteiger partial charge in [-0.1, -0.05) is 114 Å². The molecular weight excluding hydrogens is 436 g/mol. The van der Waals surface area contributed by atoms with E-state index in [9.17, 15) is 4.79 Å². The van der Waals surface area contributed by atoms with E-state index in [0.29, 0.717) is 10.7 Å². The molecule has 2 N–H and O–H groups in total. The van der Waals surface area contributed by atoms with Crippen molar-refractivity contribution in [2.45, 2.75) is 96.8 Å². The summed E-state index contributed by atoms with van der Waals surface area (Å²) in [6.07, 6.45) is 18.5. The molecule has 32 heavy (non-hydrogen) atoms. The molecule has 0 aliphatic carbocycles. The highest BCUT2D eigenvalue weighted by molar-refractivity contribution is 7.80. The lowest BCUT2D eigenvalue weighted by Gasteiger charge is -2.06. The number of anilines is 1. The number of aryl methyl sites for hydroxylation is 1. The van der Waals surface area contributed by atoms with Crippen molar-refractivity contribution < 1.29 is 4.79 Å². The Labute approximate surface area is 202 Å². The number of amides is 1. The summed E-state index contributed by atoms with van der Waals surface area (Å²) in [6, 6.07) is 9.00. The van der Waals surface area contributed by atoms with Crippen LogP contribution in [0.25, 0.3) is 0 Å². The molecule has 1 aromatic carbocycles. The second-order valence-electron chi connectivity index (χ2n) is 8.27. The Kier molecular flexibility index (Phi) is 13.8. The van der Waals surface area contributed by atoms with Gasteiger partial charge in [0.05, 0.1) is 0 Å². The fourth-order valence-electron chi connectivity index (χ4n) is 3.59. The monoisotopic (exact) mass is 474 g/mol. The van der Waals surface area contributed by atoms with Gasteiger partial charge in [-0.2, -0.15) is 0 Å². The van der Waals surface area contributed by atoms with Gasteiger partial charge in [-0.3, -0.25) is 10.1 Å². The molecule has 1 aromatic heterocycles. The van der Waals surface area contributed by atoms with Crippen LogP contribution in [0.2, 0.25) is 0 Å². The Bertz CT molecular complexity index is 779. The zero-order valence-electron chi connectivity index (χ0n) is 19.4. The van der Waals surface area contributed by atoms with E-state index in [1.807, 2.05) is 18.2 Å². The van der Waals surface area contributed by atoms with Crippen molar-refractivity contribution in [3.63, 3.8) is 0 Å². The zero-order valence-corrected chi connectivity index (χ0v) is 21.0. The lowest BCUT2D eigenvalue weighted by Crippen LogP contribution is -2.34. The number of hydrogen-bond acceptors (Lipinski definition) is 5. The lowest BCUT2D eigenvalue weighted by molar-refractivity contribution is 0.0977. The van der Waals surface area contributed by atoms with Gasteiger partial charge in [-0.15, -0.1) is 10.2 Å². The molecule has 0 atom stereocenters. The molecule has 0 spiro atoms. The van der Waals surface area contributed by atoms with E-state index >= 15 is 0 Å². The summed E-state index contributed by atoms with van der Waals surface area (Å²) < 4.78 is 0. The molecule has 176 valence electrons. The maximum absolute atomic E-state index is 12.1. The van der Waals surface area contributed by atoms with Crippen molar-refractivity contribution in [3.8, 4) is 0 Å². The van der Waals surface area contributed by atoms with Gasteiger partial charge in [0.15, 0.2) is 5.11 Å². The van der Waals surface area contributed by atoms with Crippen molar-refractivity contribution in [2.75, 3.05) is 5.32 Å². The Balaban J connectivity index is 1.48. The first-order valence-electron chi connectivity index (χ1n) is 12.2. The molecule has 0 aliphatic rings. The molecule has 0 unspecified atom stereocenters. The first-order chi connectivity index (χ1) is 15.7. The average molecular weight is 475 g/mol. The zero-order chi connectivity index (χ0) is 22.9. The summed E-state index contributed by atoms with van der Waals surface area (Å²) >= 11 is 6.71. The summed E-state index contributed by atoms with van der Waals surface area (Å²) in [5, 5.41) is 15.9. The number of unbranched alkanes of at least 4 members (excludes halogenated alkanes) is 12. The highest BCUT2D eigenvalue weighted by Crippen LogP contribution is 2.18. The fraction of sp³-hybridized carbons (Fsp3) is 0.600. The molecule has 0 fully saturated rings. The number of rotatable bonds is 16. The second kappa shape index (κ2) is 16.7. The maximum atomic E-state index is 12.1. The maximum Gasteiger partial charge on any atom is 0.257 e. The number of nitrogens with zero attached hydrogens (tertiary/aromatic N) is 2. The second-order valence-corrected chi connectivity index (χ2v) is 9.74. The molecule has 1 amide bonds. The van der Waals surface area contributed by atoms with Crippen molar-refractivity contribution in [3.05, 3.63) is 40.9 Å². The minimum Gasteiger partial charge on any atom is -0.307 e. The Morgan fingerprint density at radius 3 is 2.00 bits per heavy atom. The van der Waals surface area contributed by atoms with Crippen LogP contribution in [0, 0.1) is 0 Å². The van der Waals surface area contributed by atoms with Crippen molar-refractivity contribution in [1.29, 1.82) is 0 Å². The molecule has 2 rings (SSSR count). The van der Waals surface area contributed by atoms with Crippen LogP contribution in [-0.2, 0) is 6.42 Å². The summed E-state index contributed by atoms with van der Waals surface area (Å²) in [6.45, 7) is 2.27. The molecule has 0 aliphatic heterocycles. The quantitative estimate of drug-likeness (QED) is 0.197. The topological polar surface area (TPSA) is 66.9 Å².